The van der Waals surface area contributed by atoms with Crippen molar-refractivity contribution in [1.82, 2.24) is 15.5 Å². The van der Waals surface area contributed by atoms with E-state index in [4.69, 9.17) is 10.2 Å². The molecule has 7 heteroatoms. The molecule has 2 aromatic rings. The standard InChI is InChI=1S/C15H20N4O2S/c1-10(16)14-18-19-15(21-14)12(8-9-22-2)17-13(20)11-6-4-3-5-7-11/h3-7,10,12H,8-9,16H2,1-2H3,(H,17,20). The molecule has 0 aliphatic rings. The van der Waals surface area contributed by atoms with E-state index < -0.39 is 0 Å². The summed E-state index contributed by atoms with van der Waals surface area (Å²) in [5.74, 6) is 1.48. The van der Waals surface area contributed by atoms with Gasteiger partial charge in [-0.25, -0.2) is 0 Å². The number of amides is 1. The average molecular weight is 320 g/mol. The SMILES string of the molecule is CSCCC(NC(=O)c1ccccc1)c1nnc(C(C)N)o1. The fourth-order valence-corrected chi connectivity index (χ4v) is 2.37. The van der Waals surface area contributed by atoms with Crippen molar-refractivity contribution in [2.45, 2.75) is 25.4 Å². The van der Waals surface area contributed by atoms with Crippen LogP contribution in [0.4, 0.5) is 0 Å². The maximum atomic E-state index is 12.3. The molecule has 118 valence electrons. The molecule has 0 radical (unpaired) electrons. The molecular weight excluding hydrogens is 300 g/mol. The highest BCUT2D eigenvalue weighted by atomic mass is 32.2. The van der Waals surface area contributed by atoms with Crippen molar-refractivity contribution < 1.29 is 9.21 Å². The second kappa shape index (κ2) is 7.95. The van der Waals surface area contributed by atoms with Crippen LogP contribution in [0.2, 0.25) is 0 Å². The molecule has 3 N–H and O–H groups in total. The van der Waals surface area contributed by atoms with Gasteiger partial charge in [-0.15, -0.1) is 10.2 Å². The molecule has 1 aromatic heterocycles. The van der Waals surface area contributed by atoms with Gasteiger partial charge in [-0.2, -0.15) is 11.8 Å². The highest BCUT2D eigenvalue weighted by Gasteiger charge is 2.22. The topological polar surface area (TPSA) is 94.0 Å². The Hall–Kier alpha value is -1.86. The zero-order chi connectivity index (χ0) is 15.9. The number of benzene rings is 1. The molecule has 2 atom stereocenters. The normalized spacial score (nSPS) is 13.6. The number of nitrogens with two attached hydrogens (primary N) is 1. The first-order valence-corrected chi connectivity index (χ1v) is 8.45. The molecule has 1 heterocycles. The maximum Gasteiger partial charge on any atom is 0.251 e. The Morgan fingerprint density at radius 3 is 2.59 bits per heavy atom. The summed E-state index contributed by atoms with van der Waals surface area (Å²) in [7, 11) is 0. The molecule has 0 bridgehead atoms. The van der Waals surface area contributed by atoms with Crippen LogP contribution in [0.15, 0.2) is 34.7 Å². The van der Waals surface area contributed by atoms with Gasteiger partial charge in [0.05, 0.1) is 6.04 Å². The fraction of sp³-hybridized carbons (Fsp3) is 0.400. The summed E-state index contributed by atoms with van der Waals surface area (Å²) in [6.45, 7) is 1.77. The third-order valence-corrected chi connectivity index (χ3v) is 3.74. The van der Waals surface area contributed by atoms with Crippen molar-refractivity contribution >= 4 is 17.7 Å². The first-order chi connectivity index (χ1) is 10.6. The van der Waals surface area contributed by atoms with E-state index in [1.165, 1.54) is 0 Å². The summed E-state index contributed by atoms with van der Waals surface area (Å²) in [6.07, 6.45) is 2.72. The minimum atomic E-state index is -0.327. The maximum absolute atomic E-state index is 12.3. The summed E-state index contributed by atoms with van der Waals surface area (Å²) in [5, 5.41) is 10.9. The fourth-order valence-electron chi connectivity index (χ4n) is 1.90. The van der Waals surface area contributed by atoms with Crippen molar-refractivity contribution in [2.75, 3.05) is 12.0 Å². The molecule has 0 fully saturated rings. The molecule has 0 saturated carbocycles. The highest BCUT2D eigenvalue weighted by molar-refractivity contribution is 7.98. The number of rotatable bonds is 7. The third-order valence-electron chi connectivity index (χ3n) is 3.10. The van der Waals surface area contributed by atoms with Gasteiger partial charge in [-0.05, 0) is 37.5 Å². The zero-order valence-electron chi connectivity index (χ0n) is 12.7. The Bertz CT molecular complexity index is 601. The van der Waals surface area contributed by atoms with Crippen LogP contribution in [0, 0.1) is 0 Å². The van der Waals surface area contributed by atoms with Crippen LogP contribution in [0.3, 0.4) is 0 Å². The minimum Gasteiger partial charge on any atom is -0.421 e. The van der Waals surface area contributed by atoms with Crippen LogP contribution in [0.25, 0.3) is 0 Å². The summed E-state index contributed by atoms with van der Waals surface area (Å²) < 4.78 is 5.57. The van der Waals surface area contributed by atoms with Gasteiger partial charge < -0.3 is 15.5 Å². The average Bonchev–Trinajstić information content (AvgIpc) is 3.02. The number of thioether (sulfide) groups is 1. The monoisotopic (exact) mass is 320 g/mol. The molecule has 6 nitrogen and oxygen atoms in total. The van der Waals surface area contributed by atoms with E-state index in [2.05, 4.69) is 15.5 Å². The number of hydrogen-bond acceptors (Lipinski definition) is 6. The van der Waals surface area contributed by atoms with Crippen LogP contribution >= 0.6 is 11.8 Å². The summed E-state index contributed by atoms with van der Waals surface area (Å²) in [6, 6.07) is 8.41. The van der Waals surface area contributed by atoms with Crippen molar-refractivity contribution in [3.05, 3.63) is 47.7 Å². The van der Waals surface area contributed by atoms with E-state index >= 15 is 0 Å². The van der Waals surface area contributed by atoms with Gasteiger partial charge in [0.15, 0.2) is 0 Å². The lowest BCUT2D eigenvalue weighted by Crippen LogP contribution is -2.29. The lowest BCUT2D eigenvalue weighted by Gasteiger charge is -2.14. The van der Waals surface area contributed by atoms with E-state index in [-0.39, 0.29) is 18.0 Å². The minimum absolute atomic E-state index is 0.160. The first-order valence-electron chi connectivity index (χ1n) is 7.05. The van der Waals surface area contributed by atoms with E-state index in [0.717, 1.165) is 5.75 Å². The Morgan fingerprint density at radius 2 is 2.00 bits per heavy atom. The lowest BCUT2D eigenvalue weighted by molar-refractivity contribution is 0.0929. The van der Waals surface area contributed by atoms with Crippen LogP contribution in [-0.2, 0) is 0 Å². The number of carbonyl (C=O) groups excluding carboxylic acids is 1. The second-order valence-electron chi connectivity index (χ2n) is 4.94. The Labute approximate surface area is 133 Å². The molecule has 2 rings (SSSR count). The van der Waals surface area contributed by atoms with Gasteiger partial charge >= 0.3 is 0 Å². The van der Waals surface area contributed by atoms with Gasteiger partial charge in [0.1, 0.15) is 6.04 Å². The third kappa shape index (κ3) is 4.32. The smallest absolute Gasteiger partial charge is 0.251 e. The summed E-state index contributed by atoms with van der Waals surface area (Å²) in [5.41, 5.74) is 6.33. The van der Waals surface area contributed by atoms with Gasteiger partial charge in [-0.3, -0.25) is 4.79 Å². The van der Waals surface area contributed by atoms with E-state index in [1.54, 1.807) is 30.8 Å². The Kier molecular flexibility index (Phi) is 5.97. The molecule has 0 spiro atoms. The van der Waals surface area contributed by atoms with Crippen molar-refractivity contribution in [2.24, 2.45) is 5.73 Å². The van der Waals surface area contributed by atoms with E-state index in [1.807, 2.05) is 24.5 Å². The molecule has 22 heavy (non-hydrogen) atoms. The van der Waals surface area contributed by atoms with Crippen molar-refractivity contribution in [3.8, 4) is 0 Å². The molecule has 0 saturated heterocycles. The van der Waals surface area contributed by atoms with Crippen LogP contribution in [-0.4, -0.2) is 28.1 Å². The quantitative estimate of drug-likeness (QED) is 0.813. The summed E-state index contributed by atoms with van der Waals surface area (Å²) >= 11 is 1.69. The van der Waals surface area contributed by atoms with Gasteiger partial charge in [0, 0.05) is 5.56 Å². The van der Waals surface area contributed by atoms with Crippen molar-refractivity contribution in [3.63, 3.8) is 0 Å². The number of carbonyl (C=O) groups is 1. The van der Waals surface area contributed by atoms with Crippen LogP contribution in [0.1, 0.15) is 47.6 Å². The molecule has 0 aliphatic heterocycles. The first kappa shape index (κ1) is 16.5. The number of aromatic nitrogens is 2. The van der Waals surface area contributed by atoms with Gasteiger partial charge in [-0.1, -0.05) is 18.2 Å². The molecule has 1 amide bonds. The van der Waals surface area contributed by atoms with Crippen molar-refractivity contribution in [1.29, 1.82) is 0 Å². The largest absolute Gasteiger partial charge is 0.421 e. The number of nitrogens with zero attached hydrogens (tertiary/aromatic N) is 2. The van der Waals surface area contributed by atoms with E-state index in [0.29, 0.717) is 23.8 Å². The predicted octanol–water partition coefficient (Wildman–Crippen LogP) is 2.31. The zero-order valence-corrected chi connectivity index (χ0v) is 13.5. The number of nitrogens with one attached hydrogen (secondary N) is 1. The summed E-state index contributed by atoms with van der Waals surface area (Å²) in [4.78, 5) is 12.3. The van der Waals surface area contributed by atoms with Gasteiger partial charge in [0.2, 0.25) is 11.8 Å². The molecule has 0 aliphatic carbocycles. The Morgan fingerprint density at radius 1 is 1.32 bits per heavy atom. The molecular formula is C15H20N4O2S. The van der Waals surface area contributed by atoms with E-state index in [9.17, 15) is 4.79 Å². The molecule has 1 aromatic carbocycles. The Balaban J connectivity index is 2.13. The lowest BCUT2D eigenvalue weighted by atomic mass is 10.1. The number of hydrogen-bond donors (Lipinski definition) is 2. The second-order valence-corrected chi connectivity index (χ2v) is 5.93. The van der Waals surface area contributed by atoms with Crippen LogP contribution < -0.4 is 11.1 Å². The highest BCUT2D eigenvalue weighted by Crippen LogP contribution is 2.20. The molecule has 2 unspecified atom stereocenters. The predicted molar refractivity (Wildman–Crippen MR) is 86.5 cm³/mol. The van der Waals surface area contributed by atoms with Crippen LogP contribution in [0.5, 0.6) is 0 Å². The van der Waals surface area contributed by atoms with Gasteiger partial charge in [0.25, 0.3) is 5.91 Å².